The van der Waals surface area contributed by atoms with Gasteiger partial charge in [-0.25, -0.2) is 0 Å². The van der Waals surface area contributed by atoms with Crippen LogP contribution in [-0.2, 0) is 26.5 Å². The maximum atomic E-state index is 8.62. The van der Waals surface area contributed by atoms with Gasteiger partial charge in [0.2, 0.25) is 0 Å². The molecule has 0 fully saturated rings. The van der Waals surface area contributed by atoms with E-state index in [1.165, 1.54) is 30.5 Å². The normalized spacial score (nSPS) is 16.6. The third kappa shape index (κ3) is 6.13. The maximum Gasteiger partial charge on any atom is 0.124 e. The number of rotatable bonds is 3. The number of hydrogen-bond donors (Lipinski definition) is 0. The first-order valence-corrected chi connectivity index (χ1v) is 13.0. The fourth-order valence-electron chi connectivity index (χ4n) is 4.75. The van der Waals surface area contributed by atoms with Crippen molar-refractivity contribution in [2.45, 2.75) is 47.7 Å². The van der Waals surface area contributed by atoms with Gasteiger partial charge in [-0.15, -0.1) is 53.1 Å². The average molecular weight is 739 g/mol. The topological polar surface area (TPSA) is 51.8 Å². The van der Waals surface area contributed by atoms with Crippen LogP contribution >= 0.6 is 0 Å². The number of hydrogen-bond acceptors (Lipinski definition) is 4. The number of aryl methyl sites for hydroxylation is 3. The molecule has 0 saturated carbocycles. The smallest absolute Gasteiger partial charge is 0.124 e. The van der Waals surface area contributed by atoms with Gasteiger partial charge in [0.1, 0.15) is 5.58 Å². The molecule has 1 radical (unpaired) electrons. The molecule has 4 aromatic heterocycles. The first-order chi connectivity index (χ1) is 24.1. The van der Waals surface area contributed by atoms with Crippen LogP contribution in [-0.4, -0.2) is 15.0 Å². The van der Waals surface area contributed by atoms with Gasteiger partial charge >= 0.3 is 0 Å². The van der Waals surface area contributed by atoms with Gasteiger partial charge in [0.05, 0.1) is 11.1 Å². The molecule has 0 atom stereocenters. The van der Waals surface area contributed by atoms with Gasteiger partial charge in [-0.2, -0.15) is 0 Å². The summed E-state index contributed by atoms with van der Waals surface area (Å²) in [4.78, 5) is 12.9. The summed E-state index contributed by atoms with van der Waals surface area (Å²) in [5.74, 6) is 0. The summed E-state index contributed by atoms with van der Waals surface area (Å²) < 4.78 is 89.9. The zero-order chi connectivity index (χ0) is 38.0. The minimum Gasteiger partial charge on any atom is -0.500 e. The van der Waals surface area contributed by atoms with Crippen LogP contribution in [0, 0.1) is 38.1 Å². The van der Waals surface area contributed by atoms with E-state index < -0.39 is 32.3 Å². The summed E-state index contributed by atoms with van der Waals surface area (Å²) in [6, 6.07) is 24.0. The molecule has 3 aromatic carbocycles. The molecule has 0 unspecified atom stereocenters. The Labute approximate surface area is 276 Å². The van der Waals surface area contributed by atoms with Crippen molar-refractivity contribution in [1.82, 2.24) is 15.0 Å². The zero-order valence-corrected chi connectivity index (χ0v) is 25.5. The van der Waals surface area contributed by atoms with Crippen LogP contribution < -0.4 is 0 Å². The number of aromatic nitrogens is 3. The predicted molar refractivity (Wildman–Crippen MR) is 168 cm³/mol. The first kappa shape index (κ1) is 18.6. The summed E-state index contributed by atoms with van der Waals surface area (Å²) in [5.41, 5.74) is 4.47. The van der Waals surface area contributed by atoms with Crippen molar-refractivity contribution in [3.05, 3.63) is 114 Å². The molecule has 0 bridgehead atoms. The van der Waals surface area contributed by atoms with Crippen molar-refractivity contribution in [3.63, 3.8) is 0 Å². The fraction of sp³-hybridized carbons (Fsp3) is 0.216. The minimum atomic E-state index is -2.33. The quantitative estimate of drug-likeness (QED) is 0.134. The largest absolute Gasteiger partial charge is 0.500 e. The second kappa shape index (κ2) is 11.8. The van der Waals surface area contributed by atoms with E-state index in [0.29, 0.717) is 39.2 Å². The minimum absolute atomic E-state index is 0. The van der Waals surface area contributed by atoms with Gasteiger partial charge in [-0.1, -0.05) is 62.8 Å². The predicted octanol–water partition coefficient (Wildman–Crippen LogP) is 9.49. The molecule has 0 aliphatic heterocycles. The number of benzene rings is 3. The van der Waals surface area contributed by atoms with Crippen molar-refractivity contribution < 1.29 is 39.6 Å². The Morgan fingerprint density at radius 2 is 1.69 bits per heavy atom. The van der Waals surface area contributed by atoms with E-state index in [0.717, 1.165) is 21.7 Å². The van der Waals surface area contributed by atoms with Gasteiger partial charge in [-0.05, 0) is 60.0 Å². The van der Waals surface area contributed by atoms with Crippen LogP contribution in [0.25, 0.3) is 55.4 Å². The van der Waals surface area contributed by atoms with Crippen molar-refractivity contribution in [1.29, 1.82) is 0 Å². The van der Waals surface area contributed by atoms with Crippen LogP contribution in [0.1, 0.15) is 58.2 Å². The van der Waals surface area contributed by atoms with Crippen molar-refractivity contribution in [2.24, 2.45) is 5.41 Å². The molecule has 5 heteroatoms. The van der Waals surface area contributed by atoms with Crippen LogP contribution in [0.4, 0.5) is 0 Å². The van der Waals surface area contributed by atoms with Crippen LogP contribution in [0.3, 0.4) is 0 Å². The zero-order valence-electron chi connectivity index (χ0n) is 34.1. The van der Waals surface area contributed by atoms with E-state index in [4.69, 9.17) is 19.5 Å². The molecule has 0 spiro atoms. The Kier molecular flexibility index (Phi) is 5.20. The van der Waals surface area contributed by atoms with Crippen LogP contribution in [0.5, 0.6) is 0 Å². The number of nitrogens with zero attached hydrogens (tertiary/aromatic N) is 3. The Hall–Kier alpha value is -3.92. The van der Waals surface area contributed by atoms with Gasteiger partial charge in [-0.3, -0.25) is 4.98 Å². The van der Waals surface area contributed by atoms with E-state index in [2.05, 4.69) is 27.1 Å². The maximum absolute atomic E-state index is 8.62. The van der Waals surface area contributed by atoms with Gasteiger partial charge in [0.25, 0.3) is 0 Å². The van der Waals surface area contributed by atoms with Crippen molar-refractivity contribution in [2.75, 3.05) is 0 Å². The summed E-state index contributed by atoms with van der Waals surface area (Å²) in [7, 11) is 0. The van der Waals surface area contributed by atoms with Crippen molar-refractivity contribution >= 4 is 32.8 Å². The van der Waals surface area contributed by atoms with Gasteiger partial charge in [0.15, 0.2) is 0 Å². The Morgan fingerprint density at radius 1 is 0.833 bits per heavy atom. The molecule has 213 valence electrons. The molecule has 7 aromatic rings. The molecule has 42 heavy (non-hydrogen) atoms. The molecule has 4 heterocycles. The van der Waals surface area contributed by atoms with E-state index in [9.17, 15) is 0 Å². The van der Waals surface area contributed by atoms with E-state index >= 15 is 0 Å². The fourth-order valence-corrected chi connectivity index (χ4v) is 4.75. The second-order valence-corrected chi connectivity index (χ2v) is 10.7. The SMILES string of the molecule is [2H]C([2H])([2H])c1c[c-]c(-c2ccc(C([2H])([2H])[2H])cn2)cc1.[2H]C([2H])([2H])c1cc2oc3c[c-]c(-c4cc(C([2H])([2H])C(C)(C)C)ccn4)c4ccc(n1)c2c34.[Ir]. The van der Waals surface area contributed by atoms with Gasteiger partial charge in [0, 0.05) is 64.7 Å². The molecule has 0 aliphatic rings. The van der Waals surface area contributed by atoms with E-state index in [1.807, 2.05) is 26.8 Å². The van der Waals surface area contributed by atoms with Crippen LogP contribution in [0.15, 0.2) is 83.5 Å². The Morgan fingerprint density at radius 3 is 2.40 bits per heavy atom. The molecular formula is C37H33IrN3O-2. The van der Waals surface area contributed by atoms with E-state index in [-0.39, 0.29) is 36.9 Å². The second-order valence-electron chi connectivity index (χ2n) is 10.7. The number of furan rings is 1. The molecule has 7 rings (SSSR count). The Balaban J connectivity index is 0.000000223. The monoisotopic (exact) mass is 739 g/mol. The molecule has 0 saturated heterocycles. The van der Waals surface area contributed by atoms with Gasteiger partial charge < -0.3 is 14.4 Å². The average Bonchev–Trinajstić information content (AvgIpc) is 3.45. The van der Waals surface area contributed by atoms with E-state index in [1.54, 1.807) is 42.6 Å². The van der Waals surface area contributed by atoms with Crippen LogP contribution in [0.2, 0.25) is 0 Å². The Bertz CT molecular complexity index is 2320. The number of pyridine rings is 3. The molecule has 0 amide bonds. The van der Waals surface area contributed by atoms with Crippen molar-refractivity contribution in [3.8, 4) is 22.5 Å². The third-order valence-corrected chi connectivity index (χ3v) is 6.41. The summed E-state index contributed by atoms with van der Waals surface area (Å²) >= 11 is 0. The third-order valence-electron chi connectivity index (χ3n) is 6.41. The molecule has 0 N–H and O–H groups in total. The standard InChI is InChI=1S/C24H21N2O.C13H12N.Ir/c1-14-11-21-23-18(26-14)7-5-17-16(6-8-20(27-21)22(17)23)19-12-15(9-10-25-19)13-24(2,3)4;1-10-3-6-12(7-4-10)13-8-5-11(2)9-14-13;/h5,7-12H,13H2,1-4H3;3-6,8-9H,1-2H3;/q2*-1;/i1D3,13D2;1D3,2D3;. The summed E-state index contributed by atoms with van der Waals surface area (Å²) in [6.07, 6.45) is 1.37. The first-order valence-electron chi connectivity index (χ1n) is 18.5. The molecule has 0 aliphatic carbocycles. The molecule has 4 nitrogen and oxygen atoms in total. The molecular weight excluding hydrogens is 695 g/mol. The summed E-state index contributed by atoms with van der Waals surface area (Å²) in [6.45, 7) is -1.05. The summed E-state index contributed by atoms with van der Waals surface area (Å²) in [5, 5.41) is 2.45.